The number of rotatable bonds is 6. The van der Waals surface area contributed by atoms with E-state index in [2.05, 4.69) is 15.4 Å². The molecule has 2 amide bonds. The molecule has 0 aromatic rings. The molecule has 3 atom stereocenters. The highest BCUT2D eigenvalue weighted by Gasteiger charge is 2.43. The number of hydrogen-bond acceptors (Lipinski definition) is 5. The lowest BCUT2D eigenvalue weighted by Crippen LogP contribution is -2.49. The molecule has 0 radical (unpaired) electrons. The SMILES string of the molecule is CC.CCNC(=O)C1CN(C)CC1C(=O)C(NC(=O)OC)C(C)C.[HH].[HH]. The molecule has 1 saturated heterocycles. The maximum Gasteiger partial charge on any atom is 0.407 e. The van der Waals surface area contributed by atoms with Crippen LogP contribution in [0, 0.1) is 17.8 Å². The first-order valence-electron chi connectivity index (χ1n) is 8.66. The smallest absolute Gasteiger partial charge is 0.407 e. The van der Waals surface area contributed by atoms with Crippen molar-refractivity contribution in [1.29, 1.82) is 0 Å². The predicted octanol–water partition coefficient (Wildman–Crippen LogP) is 1.77. The first-order valence-corrected chi connectivity index (χ1v) is 8.66. The quantitative estimate of drug-likeness (QED) is 0.764. The van der Waals surface area contributed by atoms with Gasteiger partial charge in [-0.25, -0.2) is 4.79 Å². The van der Waals surface area contributed by atoms with Crippen molar-refractivity contribution >= 4 is 17.8 Å². The molecule has 0 saturated carbocycles. The van der Waals surface area contributed by atoms with E-state index in [1.165, 1.54) is 7.11 Å². The minimum absolute atomic E-state index is 0. The van der Waals surface area contributed by atoms with E-state index in [9.17, 15) is 14.4 Å². The van der Waals surface area contributed by atoms with E-state index >= 15 is 0 Å². The number of nitrogens with zero attached hydrogens (tertiary/aromatic N) is 1. The van der Waals surface area contributed by atoms with E-state index in [1.54, 1.807) is 0 Å². The summed E-state index contributed by atoms with van der Waals surface area (Å²) in [5.74, 6) is -1.08. The number of nitrogens with one attached hydrogen (secondary N) is 2. The van der Waals surface area contributed by atoms with Crippen molar-refractivity contribution < 1.29 is 22.0 Å². The molecule has 7 nitrogen and oxygen atoms in total. The summed E-state index contributed by atoms with van der Waals surface area (Å²) in [4.78, 5) is 38.4. The van der Waals surface area contributed by atoms with Gasteiger partial charge in [-0.15, -0.1) is 0 Å². The van der Waals surface area contributed by atoms with Crippen LogP contribution >= 0.6 is 0 Å². The van der Waals surface area contributed by atoms with Gasteiger partial charge in [0.15, 0.2) is 5.78 Å². The van der Waals surface area contributed by atoms with Gasteiger partial charge in [0.25, 0.3) is 0 Å². The van der Waals surface area contributed by atoms with Crippen LogP contribution in [0.4, 0.5) is 4.79 Å². The molecule has 7 heteroatoms. The Morgan fingerprint density at radius 1 is 1.21 bits per heavy atom. The molecule has 1 fully saturated rings. The number of ketones is 1. The Bertz CT molecular complexity index is 436. The monoisotopic (exact) mass is 347 g/mol. The van der Waals surface area contributed by atoms with E-state index < -0.39 is 18.1 Å². The number of methoxy groups -OCH3 is 1. The van der Waals surface area contributed by atoms with Gasteiger partial charge in [-0.2, -0.15) is 0 Å². The molecule has 1 heterocycles. The van der Waals surface area contributed by atoms with Gasteiger partial charge in [0.1, 0.15) is 0 Å². The summed E-state index contributed by atoms with van der Waals surface area (Å²) in [6.07, 6.45) is -0.632. The van der Waals surface area contributed by atoms with Gasteiger partial charge < -0.3 is 20.3 Å². The summed E-state index contributed by atoms with van der Waals surface area (Å²) in [5, 5.41) is 5.37. The summed E-state index contributed by atoms with van der Waals surface area (Å²) < 4.78 is 4.59. The maximum absolute atomic E-state index is 12.8. The third-order valence-corrected chi connectivity index (χ3v) is 3.99. The summed E-state index contributed by atoms with van der Waals surface area (Å²) in [6.45, 7) is 11.2. The molecule has 0 aromatic heterocycles. The Labute approximate surface area is 148 Å². The molecule has 1 aliphatic rings. The maximum atomic E-state index is 12.8. The highest BCUT2D eigenvalue weighted by molar-refractivity contribution is 5.94. The number of likely N-dealkylation sites (tertiary alicyclic amines) is 1. The molecule has 3 unspecified atom stereocenters. The predicted molar refractivity (Wildman–Crippen MR) is 97.9 cm³/mol. The average molecular weight is 348 g/mol. The average Bonchev–Trinajstić information content (AvgIpc) is 2.95. The molecule has 24 heavy (non-hydrogen) atoms. The van der Waals surface area contributed by atoms with Crippen molar-refractivity contribution in [2.45, 2.75) is 40.7 Å². The topological polar surface area (TPSA) is 87.7 Å². The van der Waals surface area contributed by atoms with E-state index in [0.29, 0.717) is 19.6 Å². The summed E-state index contributed by atoms with van der Waals surface area (Å²) >= 11 is 0. The molecule has 0 aliphatic carbocycles. The first kappa shape index (κ1) is 22.4. The Morgan fingerprint density at radius 3 is 2.21 bits per heavy atom. The van der Waals surface area contributed by atoms with Crippen molar-refractivity contribution in [2.75, 3.05) is 33.8 Å². The Kier molecular flexibility index (Phi) is 10.3. The normalized spacial score (nSPS) is 21.5. The lowest BCUT2D eigenvalue weighted by Gasteiger charge is -2.25. The molecule has 1 rings (SSSR count). The Hall–Kier alpha value is -1.63. The lowest BCUT2D eigenvalue weighted by atomic mass is 9.84. The van der Waals surface area contributed by atoms with E-state index in [0.717, 1.165) is 0 Å². The number of carbonyl (C=O) groups is 3. The fourth-order valence-electron chi connectivity index (χ4n) is 2.84. The highest BCUT2D eigenvalue weighted by atomic mass is 16.5. The zero-order chi connectivity index (χ0) is 18.9. The summed E-state index contributed by atoms with van der Waals surface area (Å²) in [6, 6.07) is -0.652. The standard InChI is InChI=1S/C15H27N3O4.C2H6.2H2/c1-6-16-14(20)11-8-18(4)7-10(11)13(19)12(9(2)3)17-15(21)22-5;1-2;;/h9-12H,6-8H2,1-5H3,(H,16,20)(H,17,21);1-2H3;2*1H. The minimum atomic E-state index is -0.652. The summed E-state index contributed by atoms with van der Waals surface area (Å²) in [5.41, 5.74) is 0. The van der Waals surface area contributed by atoms with Gasteiger partial charge in [-0.3, -0.25) is 9.59 Å². The number of Topliss-reactive ketones (excluding diaryl/α,β-unsaturated/α-hetero) is 1. The second kappa shape index (κ2) is 11.0. The van der Waals surface area contributed by atoms with Gasteiger partial charge >= 0.3 is 6.09 Å². The van der Waals surface area contributed by atoms with Gasteiger partial charge in [-0.1, -0.05) is 27.7 Å². The fraction of sp³-hybridized carbons (Fsp3) is 0.824. The van der Waals surface area contributed by atoms with Gasteiger partial charge in [0, 0.05) is 28.4 Å². The van der Waals surface area contributed by atoms with Crippen molar-refractivity contribution in [3.63, 3.8) is 0 Å². The van der Waals surface area contributed by atoms with Gasteiger partial charge in [0.2, 0.25) is 5.91 Å². The van der Waals surface area contributed by atoms with Crippen LogP contribution < -0.4 is 10.6 Å². The summed E-state index contributed by atoms with van der Waals surface area (Å²) in [7, 11) is 3.15. The van der Waals surface area contributed by atoms with Crippen LogP contribution in [0.2, 0.25) is 0 Å². The lowest BCUT2D eigenvalue weighted by molar-refractivity contribution is -0.133. The van der Waals surface area contributed by atoms with Crippen LogP contribution in [-0.2, 0) is 14.3 Å². The second-order valence-electron chi connectivity index (χ2n) is 6.09. The number of carbonyl (C=O) groups excluding carboxylic acids is 3. The van der Waals surface area contributed by atoms with Crippen LogP contribution in [-0.4, -0.2) is 62.5 Å². The van der Waals surface area contributed by atoms with Crippen LogP contribution in [0.3, 0.4) is 0 Å². The number of hydrogen-bond donors (Lipinski definition) is 2. The number of amides is 2. The number of alkyl carbamates (subject to hydrolysis) is 1. The molecule has 0 bridgehead atoms. The first-order chi connectivity index (χ1) is 11.3. The molecule has 0 spiro atoms. The van der Waals surface area contributed by atoms with Gasteiger partial charge in [-0.05, 0) is 19.9 Å². The Balaban J connectivity index is -0.00000127. The third kappa shape index (κ3) is 6.11. The second-order valence-corrected chi connectivity index (χ2v) is 6.09. The van der Waals surface area contributed by atoms with Crippen molar-refractivity contribution in [3.8, 4) is 0 Å². The van der Waals surface area contributed by atoms with Crippen molar-refractivity contribution in [1.82, 2.24) is 15.5 Å². The van der Waals surface area contributed by atoms with E-state index in [-0.39, 0.29) is 26.4 Å². The largest absolute Gasteiger partial charge is 0.453 e. The van der Waals surface area contributed by atoms with Gasteiger partial charge in [0.05, 0.1) is 19.1 Å². The van der Waals surface area contributed by atoms with Crippen LogP contribution in [0.15, 0.2) is 0 Å². The molecule has 144 valence electrons. The zero-order valence-electron chi connectivity index (χ0n) is 16.0. The van der Waals surface area contributed by atoms with Crippen molar-refractivity contribution in [3.05, 3.63) is 0 Å². The van der Waals surface area contributed by atoms with Crippen molar-refractivity contribution in [2.24, 2.45) is 17.8 Å². The van der Waals surface area contributed by atoms with E-state index in [4.69, 9.17) is 0 Å². The van der Waals surface area contributed by atoms with E-state index in [1.807, 2.05) is 46.6 Å². The fourth-order valence-corrected chi connectivity index (χ4v) is 2.84. The highest BCUT2D eigenvalue weighted by Crippen LogP contribution is 2.26. The zero-order valence-corrected chi connectivity index (χ0v) is 16.0. The molecular formula is C17H37N3O4. The Morgan fingerprint density at radius 2 is 1.75 bits per heavy atom. The van der Waals surface area contributed by atoms with Crippen LogP contribution in [0.25, 0.3) is 0 Å². The molecular weight excluding hydrogens is 310 g/mol. The molecule has 0 aromatic carbocycles. The third-order valence-electron chi connectivity index (χ3n) is 3.99. The number of ether oxygens (including phenoxy) is 1. The van der Waals surface area contributed by atoms with Crippen LogP contribution in [0.1, 0.15) is 37.5 Å². The minimum Gasteiger partial charge on any atom is -0.453 e. The molecule has 1 aliphatic heterocycles. The van der Waals surface area contributed by atoms with Crippen LogP contribution in [0.5, 0.6) is 0 Å². The molecule has 2 N–H and O–H groups in total.